The average molecular weight is 439 g/mol. The highest BCUT2D eigenvalue weighted by Gasteiger charge is 2.24. The van der Waals surface area contributed by atoms with Crippen molar-refractivity contribution in [3.05, 3.63) is 71.4 Å². The van der Waals surface area contributed by atoms with Crippen LogP contribution in [0.15, 0.2) is 60.7 Å². The Morgan fingerprint density at radius 1 is 1.10 bits per heavy atom. The number of likely N-dealkylation sites (tertiary alicyclic amines) is 1. The number of aromatic amines is 1. The third-order valence-electron chi connectivity index (χ3n) is 5.19. The van der Waals surface area contributed by atoms with Crippen molar-refractivity contribution in [2.24, 2.45) is 0 Å². The molecule has 2 aromatic carbocycles. The van der Waals surface area contributed by atoms with Gasteiger partial charge in [0.25, 0.3) is 5.91 Å². The number of nitrogens with zero attached hydrogens (tertiary/aromatic N) is 2. The minimum atomic E-state index is -0.383. The summed E-state index contributed by atoms with van der Waals surface area (Å²) in [7, 11) is 0. The van der Waals surface area contributed by atoms with Gasteiger partial charge in [-0.25, -0.2) is 0 Å². The first kappa shape index (κ1) is 20.9. The molecule has 0 unspecified atom stereocenters. The molecule has 1 saturated heterocycles. The molecule has 7 nitrogen and oxygen atoms in total. The van der Waals surface area contributed by atoms with Crippen LogP contribution in [-0.4, -0.2) is 52.6 Å². The van der Waals surface area contributed by atoms with E-state index in [1.807, 2.05) is 42.5 Å². The first-order valence-corrected chi connectivity index (χ1v) is 10.6. The van der Waals surface area contributed by atoms with Crippen LogP contribution in [-0.2, 0) is 4.79 Å². The molecule has 0 bridgehead atoms. The van der Waals surface area contributed by atoms with Gasteiger partial charge in [0.05, 0.1) is 12.2 Å². The normalized spacial score (nSPS) is 14.3. The van der Waals surface area contributed by atoms with Gasteiger partial charge in [0.15, 0.2) is 5.69 Å². The third-order valence-corrected chi connectivity index (χ3v) is 5.42. The number of piperidine rings is 1. The number of H-pyrrole nitrogens is 1. The fourth-order valence-electron chi connectivity index (χ4n) is 3.52. The monoisotopic (exact) mass is 438 g/mol. The third kappa shape index (κ3) is 5.44. The van der Waals surface area contributed by atoms with Crippen LogP contribution in [0.2, 0.25) is 5.02 Å². The predicted molar refractivity (Wildman–Crippen MR) is 118 cm³/mol. The van der Waals surface area contributed by atoms with Crippen LogP contribution in [0.1, 0.15) is 23.3 Å². The van der Waals surface area contributed by atoms with Crippen molar-refractivity contribution < 1.29 is 14.3 Å². The molecule has 1 aliphatic rings. The average Bonchev–Trinajstić information content (AvgIpc) is 3.29. The molecule has 1 aromatic heterocycles. The van der Waals surface area contributed by atoms with E-state index in [9.17, 15) is 9.59 Å². The number of ether oxygens (including phenoxy) is 1. The standard InChI is InChI=1S/C23H23ClN4O3/c24-17-7-4-8-19(13-17)31-18-9-11-28(12-10-18)22(29)15-25-23(30)21-14-20(26-27-21)16-5-2-1-3-6-16/h1-8,13-14,18H,9-12,15H2,(H,25,30)(H,26,27). The Hall–Kier alpha value is -3.32. The van der Waals surface area contributed by atoms with Crippen molar-refractivity contribution in [2.75, 3.05) is 19.6 Å². The molecule has 31 heavy (non-hydrogen) atoms. The number of benzene rings is 2. The zero-order valence-electron chi connectivity index (χ0n) is 16.9. The molecule has 2 amide bonds. The maximum absolute atomic E-state index is 12.5. The number of hydrogen-bond acceptors (Lipinski definition) is 4. The number of rotatable bonds is 6. The number of nitrogens with one attached hydrogen (secondary N) is 2. The number of halogens is 1. The van der Waals surface area contributed by atoms with E-state index >= 15 is 0 Å². The molecule has 1 aliphatic heterocycles. The van der Waals surface area contributed by atoms with Crippen molar-refractivity contribution in [1.29, 1.82) is 0 Å². The van der Waals surface area contributed by atoms with Gasteiger partial charge in [-0.15, -0.1) is 0 Å². The molecule has 0 atom stereocenters. The summed E-state index contributed by atoms with van der Waals surface area (Å²) in [5.74, 6) is 0.234. The van der Waals surface area contributed by atoms with Crippen molar-refractivity contribution in [1.82, 2.24) is 20.4 Å². The van der Waals surface area contributed by atoms with Crippen LogP contribution in [0.4, 0.5) is 0 Å². The lowest BCUT2D eigenvalue weighted by molar-refractivity contribution is -0.131. The SMILES string of the molecule is O=C(NCC(=O)N1CCC(Oc2cccc(Cl)c2)CC1)c1cc(-c2ccccc2)[nH]n1. The number of amides is 2. The zero-order valence-corrected chi connectivity index (χ0v) is 17.6. The first-order chi connectivity index (χ1) is 15.1. The molecule has 4 rings (SSSR count). The van der Waals surface area contributed by atoms with E-state index in [0.717, 1.165) is 29.8 Å². The maximum Gasteiger partial charge on any atom is 0.272 e. The number of aromatic nitrogens is 2. The van der Waals surface area contributed by atoms with Crippen LogP contribution < -0.4 is 10.1 Å². The highest BCUT2D eigenvalue weighted by molar-refractivity contribution is 6.30. The fourth-order valence-corrected chi connectivity index (χ4v) is 3.70. The lowest BCUT2D eigenvalue weighted by Gasteiger charge is -2.32. The Morgan fingerprint density at radius 2 is 1.87 bits per heavy atom. The molecule has 8 heteroatoms. The van der Waals surface area contributed by atoms with Crippen LogP contribution in [0.3, 0.4) is 0 Å². The van der Waals surface area contributed by atoms with E-state index in [0.29, 0.717) is 18.1 Å². The van der Waals surface area contributed by atoms with Gasteiger partial charge in [0, 0.05) is 31.0 Å². The van der Waals surface area contributed by atoms with Crippen LogP contribution in [0.25, 0.3) is 11.3 Å². The minimum Gasteiger partial charge on any atom is -0.490 e. The quantitative estimate of drug-likeness (QED) is 0.616. The fraction of sp³-hybridized carbons (Fsp3) is 0.261. The van der Waals surface area contributed by atoms with Gasteiger partial charge in [-0.3, -0.25) is 14.7 Å². The summed E-state index contributed by atoms with van der Waals surface area (Å²) in [5.41, 5.74) is 1.94. The Kier molecular flexibility index (Phi) is 6.52. The molecule has 0 spiro atoms. The van der Waals surface area contributed by atoms with Crippen LogP contribution >= 0.6 is 11.6 Å². The maximum atomic E-state index is 12.5. The molecule has 0 aliphatic carbocycles. The van der Waals surface area contributed by atoms with Crippen molar-refractivity contribution in [2.45, 2.75) is 18.9 Å². The summed E-state index contributed by atoms with van der Waals surface area (Å²) in [6.45, 7) is 1.10. The molecular weight excluding hydrogens is 416 g/mol. The number of carbonyl (C=O) groups is 2. The van der Waals surface area contributed by atoms with E-state index < -0.39 is 0 Å². The second-order valence-electron chi connectivity index (χ2n) is 7.37. The molecular formula is C23H23ClN4O3. The lowest BCUT2D eigenvalue weighted by atomic mass is 10.1. The van der Waals surface area contributed by atoms with Gasteiger partial charge in [-0.2, -0.15) is 5.10 Å². The van der Waals surface area contributed by atoms with Gasteiger partial charge in [0.2, 0.25) is 5.91 Å². The van der Waals surface area contributed by atoms with Crippen LogP contribution in [0.5, 0.6) is 5.75 Å². The second-order valence-corrected chi connectivity index (χ2v) is 7.81. The van der Waals surface area contributed by atoms with Gasteiger partial charge in [-0.1, -0.05) is 48.0 Å². The van der Waals surface area contributed by atoms with E-state index in [4.69, 9.17) is 16.3 Å². The minimum absolute atomic E-state index is 0.0394. The summed E-state index contributed by atoms with van der Waals surface area (Å²) in [6.07, 6.45) is 1.50. The second kappa shape index (κ2) is 9.66. The summed E-state index contributed by atoms with van der Waals surface area (Å²) in [4.78, 5) is 26.6. The van der Waals surface area contributed by atoms with Gasteiger partial charge in [-0.05, 0) is 29.8 Å². The molecule has 3 aromatic rings. The van der Waals surface area contributed by atoms with Crippen molar-refractivity contribution >= 4 is 23.4 Å². The van der Waals surface area contributed by atoms with Gasteiger partial charge < -0.3 is 15.0 Å². The van der Waals surface area contributed by atoms with Crippen LogP contribution in [0, 0.1) is 0 Å². The summed E-state index contributed by atoms with van der Waals surface area (Å²) in [5, 5.41) is 10.2. The molecule has 0 saturated carbocycles. The number of carbonyl (C=O) groups excluding carboxylic acids is 2. The summed E-state index contributed by atoms with van der Waals surface area (Å²) < 4.78 is 5.96. The van der Waals surface area contributed by atoms with Gasteiger partial charge in [0.1, 0.15) is 11.9 Å². The van der Waals surface area contributed by atoms with E-state index in [-0.39, 0.29) is 30.2 Å². The Balaban J connectivity index is 1.23. The Labute approximate surface area is 185 Å². The molecule has 2 N–H and O–H groups in total. The van der Waals surface area contributed by atoms with Crippen molar-refractivity contribution in [3.63, 3.8) is 0 Å². The van der Waals surface area contributed by atoms with Gasteiger partial charge >= 0.3 is 0 Å². The Morgan fingerprint density at radius 3 is 2.61 bits per heavy atom. The Bertz CT molecular complexity index is 1050. The summed E-state index contributed by atoms with van der Waals surface area (Å²) in [6, 6.07) is 18.6. The largest absolute Gasteiger partial charge is 0.490 e. The highest BCUT2D eigenvalue weighted by Crippen LogP contribution is 2.22. The summed E-state index contributed by atoms with van der Waals surface area (Å²) >= 11 is 5.99. The first-order valence-electron chi connectivity index (χ1n) is 10.2. The predicted octanol–water partition coefficient (Wildman–Crippen LogP) is 3.53. The van der Waals surface area contributed by atoms with Crippen molar-refractivity contribution in [3.8, 4) is 17.0 Å². The number of hydrogen-bond donors (Lipinski definition) is 2. The molecule has 1 fully saturated rings. The van der Waals surface area contributed by atoms with E-state index in [1.54, 1.807) is 23.1 Å². The molecule has 160 valence electrons. The van der Waals surface area contributed by atoms with E-state index in [2.05, 4.69) is 15.5 Å². The molecule has 0 radical (unpaired) electrons. The molecule has 2 heterocycles. The smallest absolute Gasteiger partial charge is 0.272 e. The highest BCUT2D eigenvalue weighted by atomic mass is 35.5. The topological polar surface area (TPSA) is 87.3 Å². The lowest BCUT2D eigenvalue weighted by Crippen LogP contribution is -2.46. The zero-order chi connectivity index (χ0) is 21.6. The van der Waals surface area contributed by atoms with E-state index in [1.165, 1.54) is 0 Å².